The fourth-order valence-corrected chi connectivity index (χ4v) is 6.07. The SMILES string of the molecule is CCC(=O)N1CCN(c2nc3c(s2)C[C@H](C(=O)NC2CCCCCC2)CC3)CC1. The van der Waals surface area contributed by atoms with Gasteiger partial charge in [0.2, 0.25) is 11.8 Å². The van der Waals surface area contributed by atoms with Gasteiger partial charge in [0.1, 0.15) is 0 Å². The van der Waals surface area contributed by atoms with Crippen molar-refractivity contribution in [2.75, 3.05) is 31.1 Å². The first-order valence-electron chi connectivity index (χ1n) is 11.5. The van der Waals surface area contributed by atoms with E-state index in [9.17, 15) is 9.59 Å². The van der Waals surface area contributed by atoms with Crippen molar-refractivity contribution >= 4 is 28.3 Å². The first kappa shape index (κ1) is 20.6. The van der Waals surface area contributed by atoms with E-state index in [2.05, 4.69) is 10.2 Å². The molecule has 2 fully saturated rings. The van der Waals surface area contributed by atoms with Gasteiger partial charge in [-0.1, -0.05) is 32.6 Å². The summed E-state index contributed by atoms with van der Waals surface area (Å²) in [5.41, 5.74) is 1.19. The molecule has 1 N–H and O–H groups in total. The van der Waals surface area contributed by atoms with Crippen molar-refractivity contribution in [3.8, 4) is 0 Å². The van der Waals surface area contributed by atoms with Crippen LogP contribution in [0.3, 0.4) is 0 Å². The lowest BCUT2D eigenvalue weighted by Crippen LogP contribution is -2.48. The zero-order valence-electron chi connectivity index (χ0n) is 17.6. The van der Waals surface area contributed by atoms with Crippen LogP contribution in [0, 0.1) is 5.92 Å². The van der Waals surface area contributed by atoms with Crippen molar-refractivity contribution in [1.29, 1.82) is 0 Å². The summed E-state index contributed by atoms with van der Waals surface area (Å²) in [5.74, 6) is 0.591. The van der Waals surface area contributed by atoms with Crippen LogP contribution in [-0.4, -0.2) is 53.9 Å². The molecule has 0 radical (unpaired) electrons. The second-order valence-corrected chi connectivity index (χ2v) is 9.79. The Kier molecular flexibility index (Phi) is 6.73. The van der Waals surface area contributed by atoms with Crippen LogP contribution < -0.4 is 10.2 Å². The number of carbonyl (C=O) groups excluding carboxylic acids is 2. The third-order valence-corrected chi connectivity index (χ3v) is 7.89. The highest BCUT2D eigenvalue weighted by atomic mass is 32.1. The topological polar surface area (TPSA) is 65.5 Å². The van der Waals surface area contributed by atoms with E-state index in [0.717, 1.165) is 63.4 Å². The molecular formula is C22H34N4O2S. The Hall–Kier alpha value is -1.63. The van der Waals surface area contributed by atoms with Crippen LogP contribution in [0.2, 0.25) is 0 Å². The zero-order chi connectivity index (χ0) is 20.2. The van der Waals surface area contributed by atoms with E-state index >= 15 is 0 Å². The Bertz CT molecular complexity index is 718. The minimum atomic E-state index is 0.0954. The van der Waals surface area contributed by atoms with Crippen LogP contribution in [0.4, 0.5) is 5.13 Å². The van der Waals surface area contributed by atoms with E-state index in [0.29, 0.717) is 12.5 Å². The predicted octanol–water partition coefficient (Wildman–Crippen LogP) is 3.15. The maximum absolute atomic E-state index is 12.9. The highest BCUT2D eigenvalue weighted by molar-refractivity contribution is 7.15. The van der Waals surface area contributed by atoms with E-state index in [1.807, 2.05) is 11.8 Å². The summed E-state index contributed by atoms with van der Waals surface area (Å²) in [6.45, 7) is 5.19. The van der Waals surface area contributed by atoms with Gasteiger partial charge in [0.15, 0.2) is 5.13 Å². The number of nitrogens with zero attached hydrogens (tertiary/aromatic N) is 3. The lowest BCUT2D eigenvalue weighted by molar-refractivity contribution is -0.131. The van der Waals surface area contributed by atoms with Crippen LogP contribution in [0.15, 0.2) is 0 Å². The minimum Gasteiger partial charge on any atom is -0.353 e. The third-order valence-electron chi connectivity index (χ3n) is 6.71. The standard InChI is InChI=1S/C22H34N4O2S/c1-2-20(27)25-11-13-26(14-12-25)22-24-18-10-9-16(15-19(18)29-22)21(28)23-17-7-5-3-4-6-8-17/h16-17H,2-15H2,1H3,(H,23,28)/t16-/m1/s1. The summed E-state index contributed by atoms with van der Waals surface area (Å²) in [4.78, 5) is 35.2. The monoisotopic (exact) mass is 418 g/mol. The third kappa shape index (κ3) is 4.93. The lowest BCUT2D eigenvalue weighted by atomic mass is 9.90. The molecule has 160 valence electrons. The number of hydrogen-bond acceptors (Lipinski definition) is 5. The van der Waals surface area contributed by atoms with Crippen molar-refractivity contribution < 1.29 is 9.59 Å². The van der Waals surface area contributed by atoms with E-state index in [1.165, 1.54) is 36.3 Å². The Morgan fingerprint density at radius 3 is 2.48 bits per heavy atom. The largest absolute Gasteiger partial charge is 0.353 e. The molecule has 29 heavy (non-hydrogen) atoms. The van der Waals surface area contributed by atoms with Gasteiger partial charge in [-0.2, -0.15) is 0 Å². The summed E-state index contributed by atoms with van der Waals surface area (Å²) in [6.07, 6.45) is 10.6. The fourth-order valence-electron chi connectivity index (χ4n) is 4.83. The molecule has 4 rings (SSSR count). The molecule has 1 aromatic rings. The molecule has 6 nitrogen and oxygen atoms in total. The number of rotatable bonds is 4. The molecular weight excluding hydrogens is 384 g/mol. The van der Waals surface area contributed by atoms with Crippen molar-refractivity contribution in [3.63, 3.8) is 0 Å². The van der Waals surface area contributed by atoms with E-state index in [4.69, 9.17) is 4.98 Å². The molecule has 1 aromatic heterocycles. The Morgan fingerprint density at radius 2 is 1.79 bits per heavy atom. The molecule has 1 saturated carbocycles. The van der Waals surface area contributed by atoms with Crippen LogP contribution >= 0.6 is 11.3 Å². The van der Waals surface area contributed by atoms with Gasteiger partial charge in [0, 0.05) is 49.4 Å². The van der Waals surface area contributed by atoms with Crippen LogP contribution in [0.1, 0.15) is 68.9 Å². The molecule has 1 saturated heterocycles. The predicted molar refractivity (Wildman–Crippen MR) is 116 cm³/mol. The molecule has 2 amide bonds. The molecule has 0 unspecified atom stereocenters. The van der Waals surface area contributed by atoms with Crippen molar-refractivity contribution in [1.82, 2.24) is 15.2 Å². The normalized spacial score (nSPS) is 23.4. The maximum atomic E-state index is 12.9. The summed E-state index contributed by atoms with van der Waals surface area (Å²) in [5, 5.41) is 4.42. The Balaban J connectivity index is 1.33. The number of anilines is 1. The van der Waals surface area contributed by atoms with Gasteiger partial charge in [-0.15, -0.1) is 11.3 Å². The summed E-state index contributed by atoms with van der Waals surface area (Å²) >= 11 is 1.76. The van der Waals surface area contributed by atoms with Gasteiger partial charge in [-0.3, -0.25) is 9.59 Å². The maximum Gasteiger partial charge on any atom is 0.223 e. The second-order valence-electron chi connectivity index (χ2n) is 8.72. The van der Waals surface area contributed by atoms with Crippen molar-refractivity contribution in [2.45, 2.75) is 77.2 Å². The minimum absolute atomic E-state index is 0.0954. The van der Waals surface area contributed by atoms with E-state index in [1.54, 1.807) is 11.3 Å². The Morgan fingerprint density at radius 1 is 1.07 bits per heavy atom. The average molecular weight is 419 g/mol. The van der Waals surface area contributed by atoms with Gasteiger partial charge in [-0.05, 0) is 32.1 Å². The smallest absolute Gasteiger partial charge is 0.223 e. The van der Waals surface area contributed by atoms with E-state index in [-0.39, 0.29) is 17.7 Å². The average Bonchev–Trinajstić information content (AvgIpc) is 3.02. The van der Waals surface area contributed by atoms with Crippen molar-refractivity contribution in [3.05, 3.63) is 10.6 Å². The number of nitrogens with one attached hydrogen (secondary N) is 1. The molecule has 0 spiro atoms. The Labute approximate surface area is 178 Å². The molecule has 1 aliphatic heterocycles. The highest BCUT2D eigenvalue weighted by Crippen LogP contribution is 2.34. The molecule has 7 heteroatoms. The molecule has 2 heterocycles. The molecule has 0 aromatic carbocycles. The van der Waals surface area contributed by atoms with Gasteiger partial charge >= 0.3 is 0 Å². The summed E-state index contributed by atoms with van der Waals surface area (Å²) in [6, 6.07) is 0.380. The first-order valence-corrected chi connectivity index (χ1v) is 12.3. The van der Waals surface area contributed by atoms with Crippen LogP contribution in [0.25, 0.3) is 0 Å². The molecule has 3 aliphatic rings. The second kappa shape index (κ2) is 9.45. The number of piperazine rings is 1. The summed E-state index contributed by atoms with van der Waals surface area (Å²) < 4.78 is 0. The lowest BCUT2D eigenvalue weighted by Gasteiger charge is -2.34. The number of aromatic nitrogens is 1. The molecule has 0 bridgehead atoms. The van der Waals surface area contributed by atoms with Gasteiger partial charge in [0.05, 0.1) is 5.69 Å². The number of amides is 2. The van der Waals surface area contributed by atoms with Crippen LogP contribution in [0.5, 0.6) is 0 Å². The first-order chi connectivity index (χ1) is 14.1. The number of aryl methyl sites for hydroxylation is 1. The number of carbonyl (C=O) groups is 2. The summed E-state index contributed by atoms with van der Waals surface area (Å²) in [7, 11) is 0. The fraction of sp³-hybridized carbons (Fsp3) is 0.773. The van der Waals surface area contributed by atoms with Gasteiger partial charge < -0.3 is 15.1 Å². The van der Waals surface area contributed by atoms with Crippen molar-refractivity contribution in [2.24, 2.45) is 5.92 Å². The zero-order valence-corrected chi connectivity index (χ0v) is 18.4. The highest BCUT2D eigenvalue weighted by Gasteiger charge is 2.30. The molecule has 1 atom stereocenters. The number of fused-ring (bicyclic) bond motifs is 1. The number of thiazole rings is 1. The number of hydrogen-bond donors (Lipinski definition) is 1. The van der Waals surface area contributed by atoms with Gasteiger partial charge in [0.25, 0.3) is 0 Å². The molecule has 2 aliphatic carbocycles. The quantitative estimate of drug-likeness (QED) is 0.763. The van der Waals surface area contributed by atoms with E-state index < -0.39 is 0 Å². The van der Waals surface area contributed by atoms with Crippen LogP contribution in [-0.2, 0) is 22.4 Å². The van der Waals surface area contributed by atoms with Gasteiger partial charge in [-0.25, -0.2) is 4.98 Å².